The highest BCUT2D eigenvalue weighted by atomic mass is 35.5. The average Bonchev–Trinajstić information content (AvgIpc) is 2.64. The first kappa shape index (κ1) is 20.4. The van der Waals surface area contributed by atoms with Crippen molar-refractivity contribution < 1.29 is 23.5 Å². The van der Waals surface area contributed by atoms with Gasteiger partial charge in [-0.1, -0.05) is 35.9 Å². The Morgan fingerprint density at radius 2 is 1.89 bits per heavy atom. The number of hydrogen-bond acceptors (Lipinski definition) is 4. The van der Waals surface area contributed by atoms with Crippen LogP contribution in [-0.4, -0.2) is 30.9 Å². The molecule has 0 radical (unpaired) electrons. The van der Waals surface area contributed by atoms with Crippen LogP contribution in [0.25, 0.3) is 0 Å². The molecular weight excluding hydrogens is 375 g/mol. The van der Waals surface area contributed by atoms with Gasteiger partial charge >= 0.3 is 5.97 Å². The predicted molar refractivity (Wildman–Crippen MR) is 97.7 cm³/mol. The van der Waals surface area contributed by atoms with E-state index in [4.69, 9.17) is 16.3 Å². The van der Waals surface area contributed by atoms with Gasteiger partial charge in [0.05, 0.1) is 6.04 Å². The Morgan fingerprint density at radius 1 is 1.15 bits per heavy atom. The molecule has 2 rings (SSSR count). The van der Waals surface area contributed by atoms with Crippen LogP contribution >= 0.6 is 11.6 Å². The second-order valence-corrected chi connectivity index (χ2v) is 6.07. The maximum atomic E-state index is 13.1. The van der Waals surface area contributed by atoms with Gasteiger partial charge in [0.25, 0.3) is 11.8 Å². The number of ether oxygens (including phenoxy) is 1. The summed E-state index contributed by atoms with van der Waals surface area (Å²) in [4.78, 5) is 35.3. The van der Waals surface area contributed by atoms with Crippen molar-refractivity contribution in [3.05, 3.63) is 70.5 Å². The van der Waals surface area contributed by atoms with E-state index < -0.39 is 36.8 Å². The molecule has 0 aliphatic rings. The molecule has 2 aromatic carbocycles. The van der Waals surface area contributed by atoms with Crippen molar-refractivity contribution in [1.82, 2.24) is 10.6 Å². The van der Waals surface area contributed by atoms with E-state index in [1.807, 2.05) is 0 Å². The summed E-state index contributed by atoms with van der Waals surface area (Å²) in [5, 5.41) is 5.47. The van der Waals surface area contributed by atoms with E-state index in [1.165, 1.54) is 18.2 Å². The summed E-state index contributed by atoms with van der Waals surface area (Å²) in [5.41, 5.74) is 0.815. The summed E-state index contributed by atoms with van der Waals surface area (Å²) < 4.78 is 17.9. The number of benzene rings is 2. The van der Waals surface area contributed by atoms with E-state index in [0.29, 0.717) is 5.02 Å². The minimum absolute atomic E-state index is 0.0779. The van der Waals surface area contributed by atoms with Gasteiger partial charge in [-0.25, -0.2) is 4.39 Å². The lowest BCUT2D eigenvalue weighted by molar-refractivity contribution is -0.147. The molecule has 0 aliphatic heterocycles. The Morgan fingerprint density at radius 3 is 2.59 bits per heavy atom. The molecule has 0 aliphatic carbocycles. The van der Waals surface area contributed by atoms with Gasteiger partial charge in [-0.05, 0) is 36.8 Å². The van der Waals surface area contributed by atoms with Crippen LogP contribution in [0.2, 0.25) is 5.02 Å². The third-order valence-corrected chi connectivity index (χ3v) is 3.94. The topological polar surface area (TPSA) is 84.5 Å². The van der Waals surface area contributed by atoms with Gasteiger partial charge in [0, 0.05) is 10.6 Å². The number of rotatable bonds is 7. The fourth-order valence-electron chi connectivity index (χ4n) is 2.27. The van der Waals surface area contributed by atoms with Crippen LogP contribution in [0.15, 0.2) is 48.5 Å². The molecule has 2 amide bonds. The third-order valence-electron chi connectivity index (χ3n) is 3.59. The first-order chi connectivity index (χ1) is 12.9. The molecule has 0 bridgehead atoms. The molecule has 0 unspecified atom stereocenters. The average molecular weight is 393 g/mol. The van der Waals surface area contributed by atoms with Gasteiger partial charge in [-0.15, -0.1) is 0 Å². The molecule has 0 fully saturated rings. The van der Waals surface area contributed by atoms with Crippen LogP contribution in [0.5, 0.6) is 0 Å². The lowest BCUT2D eigenvalue weighted by Gasteiger charge is -2.15. The number of carbonyl (C=O) groups excluding carboxylic acids is 3. The molecular formula is C19H18ClFN2O4. The number of amides is 2. The zero-order valence-corrected chi connectivity index (χ0v) is 15.3. The normalized spacial score (nSPS) is 11.4. The number of halogens is 2. The third kappa shape index (κ3) is 6.38. The first-order valence-corrected chi connectivity index (χ1v) is 8.48. The van der Waals surface area contributed by atoms with Crippen molar-refractivity contribution in [2.75, 3.05) is 13.2 Å². The van der Waals surface area contributed by atoms with E-state index in [1.54, 1.807) is 31.2 Å². The van der Waals surface area contributed by atoms with Gasteiger partial charge in [-0.3, -0.25) is 14.4 Å². The molecule has 0 saturated carbocycles. The molecule has 0 spiro atoms. The highest BCUT2D eigenvalue weighted by Crippen LogP contribution is 2.21. The lowest BCUT2D eigenvalue weighted by Crippen LogP contribution is -2.34. The van der Waals surface area contributed by atoms with E-state index in [9.17, 15) is 18.8 Å². The Hall–Kier alpha value is -2.93. The fourth-order valence-corrected chi connectivity index (χ4v) is 2.57. The Labute approximate surface area is 160 Å². The largest absolute Gasteiger partial charge is 0.454 e. The molecule has 0 aromatic heterocycles. The summed E-state index contributed by atoms with van der Waals surface area (Å²) >= 11 is 6.06. The second-order valence-electron chi connectivity index (χ2n) is 5.66. The minimum atomic E-state index is -0.791. The summed E-state index contributed by atoms with van der Waals surface area (Å²) in [6.07, 6.45) is 0. The van der Waals surface area contributed by atoms with Crippen LogP contribution < -0.4 is 10.6 Å². The van der Waals surface area contributed by atoms with Crippen molar-refractivity contribution in [3.8, 4) is 0 Å². The SMILES string of the molecule is C[C@@H](NC(=O)COC(=O)CNC(=O)c1cccc(F)c1)c1ccccc1Cl. The first-order valence-electron chi connectivity index (χ1n) is 8.10. The van der Waals surface area contributed by atoms with Gasteiger partial charge < -0.3 is 15.4 Å². The Balaban J connectivity index is 1.74. The van der Waals surface area contributed by atoms with Crippen LogP contribution in [0.4, 0.5) is 4.39 Å². The van der Waals surface area contributed by atoms with Crippen molar-refractivity contribution >= 4 is 29.4 Å². The molecule has 27 heavy (non-hydrogen) atoms. The molecule has 2 N–H and O–H groups in total. The smallest absolute Gasteiger partial charge is 0.325 e. The summed E-state index contributed by atoms with van der Waals surface area (Å²) in [5.74, 6) is -2.48. The number of hydrogen-bond donors (Lipinski definition) is 2. The second kappa shape index (κ2) is 9.68. The highest BCUT2D eigenvalue weighted by molar-refractivity contribution is 6.31. The van der Waals surface area contributed by atoms with E-state index >= 15 is 0 Å². The summed E-state index contributed by atoms with van der Waals surface area (Å²) in [6, 6.07) is 11.7. The van der Waals surface area contributed by atoms with Crippen molar-refractivity contribution in [1.29, 1.82) is 0 Å². The van der Waals surface area contributed by atoms with Crippen LogP contribution in [-0.2, 0) is 14.3 Å². The molecule has 2 aromatic rings. The van der Waals surface area contributed by atoms with E-state index in [0.717, 1.165) is 11.6 Å². The summed E-state index contributed by atoms with van der Waals surface area (Å²) in [6.45, 7) is 0.812. The Kier molecular flexibility index (Phi) is 7.31. The zero-order valence-electron chi connectivity index (χ0n) is 14.5. The molecule has 0 saturated heterocycles. The maximum absolute atomic E-state index is 13.1. The van der Waals surface area contributed by atoms with Crippen LogP contribution in [0.3, 0.4) is 0 Å². The van der Waals surface area contributed by atoms with Crippen molar-refractivity contribution in [2.24, 2.45) is 0 Å². The fraction of sp³-hybridized carbons (Fsp3) is 0.211. The zero-order chi connectivity index (χ0) is 19.8. The van der Waals surface area contributed by atoms with Gasteiger partial charge in [0.2, 0.25) is 0 Å². The van der Waals surface area contributed by atoms with Crippen molar-refractivity contribution in [3.63, 3.8) is 0 Å². The van der Waals surface area contributed by atoms with E-state index in [2.05, 4.69) is 10.6 Å². The maximum Gasteiger partial charge on any atom is 0.325 e. The summed E-state index contributed by atoms with van der Waals surface area (Å²) in [7, 11) is 0. The molecule has 1 atom stereocenters. The van der Waals surface area contributed by atoms with Crippen molar-refractivity contribution in [2.45, 2.75) is 13.0 Å². The van der Waals surface area contributed by atoms with Gasteiger partial charge in [0.1, 0.15) is 12.4 Å². The number of esters is 1. The molecule has 0 heterocycles. The standard InChI is InChI=1S/C19H18ClFN2O4/c1-12(15-7-2-3-8-16(15)20)23-17(24)11-27-18(25)10-22-19(26)13-5-4-6-14(21)9-13/h2-9,12H,10-11H2,1H3,(H,22,26)(H,23,24)/t12-/m1/s1. The van der Waals surface area contributed by atoms with E-state index in [-0.39, 0.29) is 11.6 Å². The number of nitrogens with one attached hydrogen (secondary N) is 2. The minimum Gasteiger partial charge on any atom is -0.454 e. The van der Waals surface area contributed by atoms with Gasteiger partial charge in [-0.2, -0.15) is 0 Å². The van der Waals surface area contributed by atoms with Crippen LogP contribution in [0.1, 0.15) is 28.9 Å². The lowest BCUT2D eigenvalue weighted by atomic mass is 10.1. The number of carbonyl (C=O) groups is 3. The van der Waals surface area contributed by atoms with Gasteiger partial charge in [0.15, 0.2) is 6.61 Å². The molecule has 8 heteroatoms. The monoisotopic (exact) mass is 392 g/mol. The van der Waals surface area contributed by atoms with Crippen LogP contribution in [0, 0.1) is 5.82 Å². The quantitative estimate of drug-likeness (QED) is 0.709. The molecule has 142 valence electrons. The molecule has 6 nitrogen and oxygen atoms in total. The predicted octanol–water partition coefficient (Wildman–Crippen LogP) is 2.63. The Bertz CT molecular complexity index is 844. The highest BCUT2D eigenvalue weighted by Gasteiger charge is 2.14.